The summed E-state index contributed by atoms with van der Waals surface area (Å²) in [5.41, 5.74) is 7.88. The van der Waals surface area contributed by atoms with Gasteiger partial charge in [-0.05, 0) is 37.7 Å². The van der Waals surface area contributed by atoms with E-state index in [0.717, 1.165) is 64.0 Å². The molecule has 0 aromatic heterocycles. The van der Waals surface area contributed by atoms with Crippen LogP contribution in [0.2, 0.25) is 5.02 Å². The number of carbonyl (C=O) groups excluding carboxylic acids is 2. The first-order chi connectivity index (χ1) is 18.0. The largest absolute Gasteiger partial charge is 0.492 e. The molecule has 1 aromatic rings. The normalized spacial score (nSPS) is 18.3. The highest BCUT2D eigenvalue weighted by Crippen LogP contribution is 2.38. The van der Waals surface area contributed by atoms with Gasteiger partial charge in [-0.15, -0.1) is 0 Å². The zero-order valence-corrected chi connectivity index (χ0v) is 22.2. The minimum absolute atomic E-state index is 0.134. The molecule has 0 bridgehead atoms. The molecular formula is C26H35ClN4O7. The average molecular weight is 551 g/mol. The van der Waals surface area contributed by atoms with Crippen molar-refractivity contribution in [1.29, 1.82) is 0 Å². The Balaban J connectivity index is 0.000000436. The molecule has 0 radical (unpaired) electrons. The van der Waals surface area contributed by atoms with E-state index >= 15 is 0 Å². The number of nitrogen functional groups attached to an aromatic ring is 1. The summed E-state index contributed by atoms with van der Waals surface area (Å²) in [5, 5.41) is 19.2. The molecule has 3 aliphatic heterocycles. The number of carboxylic acids is 2. The summed E-state index contributed by atoms with van der Waals surface area (Å²) in [4.78, 5) is 47.9. The Bertz CT molecular complexity index is 1060. The molecule has 2 fully saturated rings. The van der Waals surface area contributed by atoms with Crippen molar-refractivity contribution < 1.29 is 34.1 Å². The molecule has 3 aliphatic rings. The van der Waals surface area contributed by atoms with Crippen LogP contribution in [0.15, 0.2) is 18.2 Å². The fourth-order valence-corrected chi connectivity index (χ4v) is 5.22. The van der Waals surface area contributed by atoms with E-state index in [1.54, 1.807) is 13.0 Å². The molecule has 208 valence electrons. The minimum Gasteiger partial charge on any atom is -0.492 e. The SMILES string of the molecule is CC(=O)N1CCC(CN2CCC(NC(=O)c3cc(Cl)c(N)c4c3OCC4)CC2)CC1.O=C(O)/C=C/C(=O)O. The molecular weight excluding hydrogens is 516 g/mol. The Morgan fingerprint density at radius 3 is 2.24 bits per heavy atom. The second-order valence-corrected chi connectivity index (χ2v) is 10.1. The van der Waals surface area contributed by atoms with E-state index in [0.29, 0.717) is 53.1 Å². The van der Waals surface area contributed by atoms with Gasteiger partial charge in [0.15, 0.2) is 0 Å². The lowest BCUT2D eigenvalue weighted by atomic mass is 9.94. The predicted molar refractivity (Wildman–Crippen MR) is 141 cm³/mol. The zero-order valence-electron chi connectivity index (χ0n) is 21.5. The molecule has 1 aromatic carbocycles. The molecule has 0 unspecified atom stereocenters. The summed E-state index contributed by atoms with van der Waals surface area (Å²) in [6.45, 7) is 6.99. The van der Waals surface area contributed by atoms with Crippen LogP contribution in [-0.2, 0) is 20.8 Å². The third kappa shape index (κ3) is 8.09. The van der Waals surface area contributed by atoms with Crippen LogP contribution in [-0.4, -0.2) is 89.1 Å². The summed E-state index contributed by atoms with van der Waals surface area (Å²) >= 11 is 6.23. The Labute approximate surface area is 226 Å². The highest BCUT2D eigenvalue weighted by atomic mass is 35.5. The van der Waals surface area contributed by atoms with Crippen LogP contribution >= 0.6 is 11.6 Å². The first-order valence-electron chi connectivity index (χ1n) is 12.7. The van der Waals surface area contributed by atoms with Crippen molar-refractivity contribution in [2.24, 2.45) is 5.92 Å². The molecule has 0 saturated carbocycles. The van der Waals surface area contributed by atoms with E-state index in [1.807, 2.05) is 4.90 Å². The van der Waals surface area contributed by atoms with Gasteiger partial charge < -0.3 is 35.8 Å². The number of likely N-dealkylation sites (tertiary alicyclic amines) is 2. The van der Waals surface area contributed by atoms with Gasteiger partial charge >= 0.3 is 11.9 Å². The van der Waals surface area contributed by atoms with E-state index < -0.39 is 11.9 Å². The van der Waals surface area contributed by atoms with Crippen molar-refractivity contribution >= 4 is 41.0 Å². The smallest absolute Gasteiger partial charge is 0.328 e. The van der Waals surface area contributed by atoms with Crippen molar-refractivity contribution in [1.82, 2.24) is 15.1 Å². The maximum atomic E-state index is 12.9. The number of nitrogens with zero attached hydrogens (tertiary/aromatic N) is 2. The summed E-state index contributed by atoms with van der Waals surface area (Å²) < 4.78 is 5.67. The van der Waals surface area contributed by atoms with Crippen LogP contribution in [0.4, 0.5) is 5.69 Å². The molecule has 12 heteroatoms. The lowest BCUT2D eigenvalue weighted by molar-refractivity contribution is -0.134. The number of rotatable bonds is 6. The summed E-state index contributed by atoms with van der Waals surface area (Å²) in [6, 6.07) is 1.78. The van der Waals surface area contributed by atoms with Crippen molar-refractivity contribution in [3.63, 3.8) is 0 Å². The summed E-state index contributed by atoms with van der Waals surface area (Å²) in [7, 11) is 0. The molecule has 2 amide bonds. The van der Waals surface area contributed by atoms with E-state index in [2.05, 4.69) is 10.2 Å². The Morgan fingerprint density at radius 2 is 1.68 bits per heavy atom. The Morgan fingerprint density at radius 1 is 1.08 bits per heavy atom. The third-order valence-corrected chi connectivity index (χ3v) is 7.40. The number of carbonyl (C=O) groups is 4. The molecule has 2 saturated heterocycles. The maximum Gasteiger partial charge on any atom is 0.328 e. The number of ether oxygens (including phenoxy) is 1. The number of nitrogens with two attached hydrogens (primary N) is 1. The van der Waals surface area contributed by atoms with Gasteiger partial charge in [0.25, 0.3) is 5.91 Å². The molecule has 0 spiro atoms. The molecule has 5 N–H and O–H groups in total. The van der Waals surface area contributed by atoms with Crippen molar-refractivity contribution in [3.8, 4) is 5.75 Å². The fourth-order valence-electron chi connectivity index (χ4n) is 5.00. The first kappa shape index (κ1) is 29.2. The monoisotopic (exact) mass is 550 g/mol. The number of carboxylic acid groups (broad SMARTS) is 2. The van der Waals surface area contributed by atoms with Gasteiger partial charge in [0.05, 0.1) is 22.9 Å². The highest BCUT2D eigenvalue weighted by molar-refractivity contribution is 6.33. The molecule has 4 rings (SSSR count). The van der Waals surface area contributed by atoms with Gasteiger partial charge in [-0.2, -0.15) is 0 Å². The number of piperidine rings is 2. The van der Waals surface area contributed by atoms with E-state index in [-0.39, 0.29) is 17.9 Å². The quantitative estimate of drug-likeness (QED) is 0.306. The molecule has 0 aliphatic carbocycles. The Hall–Kier alpha value is -3.31. The minimum atomic E-state index is -1.26. The number of benzene rings is 1. The van der Waals surface area contributed by atoms with Crippen LogP contribution in [0.1, 0.15) is 48.5 Å². The molecule has 38 heavy (non-hydrogen) atoms. The average Bonchev–Trinajstić information content (AvgIpc) is 3.37. The molecule has 3 heterocycles. The van der Waals surface area contributed by atoms with Gasteiger partial charge in [0.2, 0.25) is 5.91 Å². The maximum absolute atomic E-state index is 12.9. The molecule has 0 atom stereocenters. The third-order valence-electron chi connectivity index (χ3n) is 7.08. The van der Waals surface area contributed by atoms with Gasteiger partial charge in [-0.3, -0.25) is 9.59 Å². The fraction of sp³-hybridized carbons (Fsp3) is 0.538. The number of nitrogens with one attached hydrogen (secondary N) is 1. The van der Waals surface area contributed by atoms with Gasteiger partial charge in [0.1, 0.15) is 5.75 Å². The number of aliphatic carboxylic acids is 2. The number of halogens is 1. The van der Waals surface area contributed by atoms with Gasteiger partial charge in [-0.1, -0.05) is 11.6 Å². The lowest BCUT2D eigenvalue weighted by Crippen LogP contribution is -2.47. The van der Waals surface area contributed by atoms with Crippen molar-refractivity contribution in [3.05, 3.63) is 34.4 Å². The Kier molecular flexibility index (Phi) is 10.4. The van der Waals surface area contributed by atoms with Crippen LogP contribution in [0.25, 0.3) is 0 Å². The van der Waals surface area contributed by atoms with Crippen molar-refractivity contribution in [2.75, 3.05) is 45.1 Å². The van der Waals surface area contributed by atoms with Crippen LogP contribution in [0.5, 0.6) is 5.75 Å². The molecule has 11 nitrogen and oxygen atoms in total. The van der Waals surface area contributed by atoms with E-state index in [1.165, 1.54) is 0 Å². The van der Waals surface area contributed by atoms with Crippen LogP contribution in [0, 0.1) is 5.92 Å². The summed E-state index contributed by atoms with van der Waals surface area (Å²) in [5.74, 6) is -1.22. The topological polar surface area (TPSA) is 162 Å². The van der Waals surface area contributed by atoms with Crippen molar-refractivity contribution in [2.45, 2.75) is 45.1 Å². The number of amides is 2. The van der Waals surface area contributed by atoms with Gasteiger partial charge in [-0.25, -0.2) is 9.59 Å². The summed E-state index contributed by atoms with van der Waals surface area (Å²) in [6.07, 6.45) is 5.84. The highest BCUT2D eigenvalue weighted by Gasteiger charge is 2.29. The lowest BCUT2D eigenvalue weighted by Gasteiger charge is -2.37. The predicted octanol–water partition coefficient (Wildman–Crippen LogP) is 2.02. The number of hydrogen-bond donors (Lipinski definition) is 4. The number of anilines is 1. The standard InChI is InChI=1S/C22H31ClN4O3.C4H4O4/c1-14(28)27-9-2-15(3-10-27)13-26-7-4-16(5-8-26)25-22(29)18-12-19(23)20(24)17-6-11-30-21(17)18;5-3(6)1-2-4(7)8/h12,15-16H,2-11,13,24H2,1H3,(H,25,29);1-2H,(H,5,6)(H,7,8)/b;2-1+. The zero-order chi connectivity index (χ0) is 27.8. The second kappa shape index (κ2) is 13.5. The van der Waals surface area contributed by atoms with Gasteiger partial charge in [0, 0.05) is 69.8 Å². The first-order valence-corrected chi connectivity index (χ1v) is 13.1. The second-order valence-electron chi connectivity index (χ2n) is 9.73. The van der Waals surface area contributed by atoms with E-state index in [9.17, 15) is 19.2 Å². The van der Waals surface area contributed by atoms with Crippen LogP contribution < -0.4 is 15.8 Å². The number of hydrogen-bond acceptors (Lipinski definition) is 7. The van der Waals surface area contributed by atoms with Crippen LogP contribution in [0.3, 0.4) is 0 Å². The van der Waals surface area contributed by atoms with E-state index in [4.69, 9.17) is 32.3 Å². The number of fused-ring (bicyclic) bond motifs is 1.